The lowest BCUT2D eigenvalue weighted by Crippen LogP contribution is -2.03. The van der Waals surface area contributed by atoms with Gasteiger partial charge in [-0.25, -0.2) is 0 Å². The highest BCUT2D eigenvalue weighted by Gasteiger charge is 2.09. The Labute approximate surface area is 133 Å². The molecule has 0 amide bonds. The van der Waals surface area contributed by atoms with Crippen molar-refractivity contribution in [1.82, 2.24) is 9.78 Å². The average molecular weight is 315 g/mol. The summed E-state index contributed by atoms with van der Waals surface area (Å²) >= 11 is 7.84. The summed E-state index contributed by atoms with van der Waals surface area (Å²) in [6.07, 6.45) is 2.07. The van der Waals surface area contributed by atoms with Gasteiger partial charge < -0.3 is 0 Å². The van der Waals surface area contributed by atoms with E-state index in [1.807, 2.05) is 28.9 Å². The van der Waals surface area contributed by atoms with E-state index in [-0.39, 0.29) is 0 Å². The first kappa shape index (κ1) is 14.2. The molecule has 0 fully saturated rings. The number of aromatic nitrogens is 2. The second-order valence-corrected chi connectivity index (χ2v) is 5.99. The number of benzene rings is 2. The maximum absolute atomic E-state index is 6.10. The van der Waals surface area contributed by atoms with Crippen molar-refractivity contribution in [1.29, 1.82) is 0 Å². The lowest BCUT2D eigenvalue weighted by Gasteiger charge is -2.08. The van der Waals surface area contributed by atoms with E-state index < -0.39 is 0 Å². The SMILES string of the molecule is CSc1ccc(-c2cc(Cl)nn2Cc2ccccc2)cc1. The Morgan fingerprint density at radius 1 is 1.05 bits per heavy atom. The molecular formula is C17H15ClN2S. The average Bonchev–Trinajstić information content (AvgIpc) is 2.89. The van der Waals surface area contributed by atoms with Crippen LogP contribution >= 0.6 is 23.4 Å². The van der Waals surface area contributed by atoms with Gasteiger partial charge in [0.15, 0.2) is 5.15 Å². The van der Waals surface area contributed by atoms with E-state index in [9.17, 15) is 0 Å². The molecule has 4 heteroatoms. The maximum atomic E-state index is 6.10. The van der Waals surface area contributed by atoms with Gasteiger partial charge in [0.2, 0.25) is 0 Å². The topological polar surface area (TPSA) is 17.8 Å². The minimum absolute atomic E-state index is 0.523. The number of halogens is 1. The molecule has 21 heavy (non-hydrogen) atoms. The van der Waals surface area contributed by atoms with Crippen LogP contribution in [-0.2, 0) is 6.54 Å². The van der Waals surface area contributed by atoms with Crippen LogP contribution in [0.1, 0.15) is 5.56 Å². The molecule has 2 nitrogen and oxygen atoms in total. The Hall–Kier alpha value is -1.71. The van der Waals surface area contributed by atoms with E-state index in [0.29, 0.717) is 11.7 Å². The van der Waals surface area contributed by atoms with Gasteiger partial charge in [0.1, 0.15) is 0 Å². The highest BCUT2D eigenvalue weighted by atomic mass is 35.5. The quantitative estimate of drug-likeness (QED) is 0.632. The summed E-state index contributed by atoms with van der Waals surface area (Å²) in [5, 5.41) is 4.92. The molecule has 0 aliphatic rings. The Bertz CT molecular complexity index is 720. The summed E-state index contributed by atoms with van der Waals surface area (Å²) in [7, 11) is 0. The van der Waals surface area contributed by atoms with Gasteiger partial charge in [-0.2, -0.15) is 5.10 Å². The first-order chi connectivity index (χ1) is 10.3. The lowest BCUT2D eigenvalue weighted by atomic mass is 10.1. The van der Waals surface area contributed by atoms with Crippen molar-refractivity contribution in [3.05, 3.63) is 71.4 Å². The molecule has 0 atom stereocenters. The zero-order chi connectivity index (χ0) is 14.7. The fourth-order valence-corrected chi connectivity index (χ4v) is 2.86. The Balaban J connectivity index is 1.95. The summed E-state index contributed by atoms with van der Waals surface area (Å²) in [6.45, 7) is 0.715. The van der Waals surface area contributed by atoms with Gasteiger partial charge in [-0.15, -0.1) is 11.8 Å². The Morgan fingerprint density at radius 2 is 1.76 bits per heavy atom. The van der Waals surface area contributed by atoms with Crippen molar-refractivity contribution in [3.63, 3.8) is 0 Å². The lowest BCUT2D eigenvalue weighted by molar-refractivity contribution is 0.695. The predicted octanol–water partition coefficient (Wildman–Crippen LogP) is 4.97. The predicted molar refractivity (Wildman–Crippen MR) is 90.0 cm³/mol. The van der Waals surface area contributed by atoms with Gasteiger partial charge in [-0.1, -0.05) is 54.1 Å². The molecular weight excluding hydrogens is 300 g/mol. The molecule has 0 radical (unpaired) electrons. The van der Waals surface area contributed by atoms with E-state index in [2.05, 4.69) is 47.8 Å². The van der Waals surface area contributed by atoms with E-state index >= 15 is 0 Å². The Morgan fingerprint density at radius 3 is 2.43 bits per heavy atom. The van der Waals surface area contributed by atoms with Crippen LogP contribution in [-0.4, -0.2) is 16.0 Å². The molecule has 0 N–H and O–H groups in total. The molecule has 0 unspecified atom stereocenters. The van der Waals surface area contributed by atoms with Crippen LogP contribution in [0.2, 0.25) is 5.15 Å². The molecule has 0 saturated carbocycles. The number of nitrogens with zero attached hydrogens (tertiary/aromatic N) is 2. The van der Waals surface area contributed by atoms with Crippen molar-refractivity contribution in [2.24, 2.45) is 0 Å². The molecule has 0 aliphatic heterocycles. The summed E-state index contributed by atoms with van der Waals surface area (Å²) in [6, 6.07) is 20.6. The van der Waals surface area contributed by atoms with Crippen molar-refractivity contribution >= 4 is 23.4 Å². The van der Waals surface area contributed by atoms with Gasteiger partial charge in [-0.3, -0.25) is 4.68 Å². The fourth-order valence-electron chi connectivity index (χ4n) is 2.26. The smallest absolute Gasteiger partial charge is 0.151 e. The zero-order valence-corrected chi connectivity index (χ0v) is 13.2. The molecule has 2 aromatic carbocycles. The monoisotopic (exact) mass is 314 g/mol. The van der Waals surface area contributed by atoms with Gasteiger partial charge in [0.05, 0.1) is 12.2 Å². The molecule has 0 bridgehead atoms. The first-order valence-corrected chi connectivity index (χ1v) is 8.28. The molecule has 0 saturated heterocycles. The minimum Gasteiger partial charge on any atom is -0.259 e. The highest BCUT2D eigenvalue weighted by Crippen LogP contribution is 2.26. The Kier molecular flexibility index (Phi) is 4.32. The van der Waals surface area contributed by atoms with E-state index in [4.69, 9.17) is 11.6 Å². The van der Waals surface area contributed by atoms with Crippen LogP contribution < -0.4 is 0 Å². The van der Waals surface area contributed by atoms with Crippen LogP contribution in [0.3, 0.4) is 0 Å². The van der Waals surface area contributed by atoms with E-state index in [1.54, 1.807) is 11.8 Å². The van der Waals surface area contributed by atoms with Gasteiger partial charge in [0.25, 0.3) is 0 Å². The van der Waals surface area contributed by atoms with Crippen molar-refractivity contribution in [2.45, 2.75) is 11.4 Å². The van der Waals surface area contributed by atoms with Crippen LogP contribution in [0.5, 0.6) is 0 Å². The third-order valence-electron chi connectivity index (χ3n) is 3.31. The number of hydrogen-bond acceptors (Lipinski definition) is 2. The van der Waals surface area contributed by atoms with Crippen LogP contribution in [0, 0.1) is 0 Å². The fraction of sp³-hybridized carbons (Fsp3) is 0.118. The second kappa shape index (κ2) is 6.37. The zero-order valence-electron chi connectivity index (χ0n) is 11.7. The maximum Gasteiger partial charge on any atom is 0.151 e. The molecule has 3 rings (SSSR count). The second-order valence-electron chi connectivity index (χ2n) is 4.72. The molecule has 0 spiro atoms. The van der Waals surface area contributed by atoms with Crippen LogP contribution in [0.15, 0.2) is 65.6 Å². The summed E-state index contributed by atoms with van der Waals surface area (Å²) in [5.74, 6) is 0. The normalized spacial score (nSPS) is 10.8. The minimum atomic E-state index is 0.523. The van der Waals surface area contributed by atoms with E-state index in [1.165, 1.54) is 10.5 Å². The number of rotatable bonds is 4. The molecule has 1 aromatic heterocycles. The van der Waals surface area contributed by atoms with Gasteiger partial charge >= 0.3 is 0 Å². The third kappa shape index (κ3) is 3.31. The third-order valence-corrected chi connectivity index (χ3v) is 4.24. The van der Waals surface area contributed by atoms with E-state index in [0.717, 1.165) is 11.3 Å². The number of hydrogen-bond donors (Lipinski definition) is 0. The summed E-state index contributed by atoms with van der Waals surface area (Å²) in [5.41, 5.74) is 3.37. The van der Waals surface area contributed by atoms with Crippen molar-refractivity contribution in [3.8, 4) is 11.3 Å². The summed E-state index contributed by atoms with van der Waals surface area (Å²) in [4.78, 5) is 1.25. The summed E-state index contributed by atoms with van der Waals surface area (Å²) < 4.78 is 1.95. The van der Waals surface area contributed by atoms with Crippen molar-refractivity contribution in [2.75, 3.05) is 6.26 Å². The largest absolute Gasteiger partial charge is 0.259 e. The molecule has 1 heterocycles. The molecule has 3 aromatic rings. The highest BCUT2D eigenvalue weighted by molar-refractivity contribution is 7.98. The molecule has 0 aliphatic carbocycles. The first-order valence-electron chi connectivity index (χ1n) is 6.68. The van der Waals surface area contributed by atoms with Gasteiger partial charge in [0, 0.05) is 11.0 Å². The van der Waals surface area contributed by atoms with Crippen LogP contribution in [0.4, 0.5) is 0 Å². The van der Waals surface area contributed by atoms with Crippen LogP contribution in [0.25, 0.3) is 11.3 Å². The molecule has 106 valence electrons. The number of thioether (sulfide) groups is 1. The standard InChI is InChI=1S/C17H15ClN2S/c1-21-15-9-7-14(8-10-15)16-11-17(18)19-20(16)12-13-5-3-2-4-6-13/h2-11H,12H2,1H3. The van der Waals surface area contributed by atoms with Crippen molar-refractivity contribution < 1.29 is 0 Å². The van der Waals surface area contributed by atoms with Gasteiger partial charge in [-0.05, 0) is 29.5 Å².